The molecular weight excluding hydrogens is 543 g/mol. The van der Waals surface area contributed by atoms with Crippen molar-refractivity contribution >= 4 is 38.9 Å². The van der Waals surface area contributed by atoms with Crippen LogP contribution in [0.5, 0.6) is 11.9 Å². The van der Waals surface area contributed by atoms with Crippen LogP contribution in [0.15, 0.2) is 64.6 Å². The average molecular weight is 572 g/mol. The van der Waals surface area contributed by atoms with Crippen LogP contribution < -0.4 is 14.2 Å². The lowest BCUT2D eigenvalue weighted by molar-refractivity contribution is 0.201. The second kappa shape index (κ2) is 11.7. The number of anilines is 1. The van der Waals surface area contributed by atoms with Gasteiger partial charge in [0.25, 0.3) is 10.0 Å². The molecule has 0 amide bonds. The molecule has 0 fully saturated rings. The van der Waals surface area contributed by atoms with Crippen LogP contribution in [0.4, 0.5) is 5.82 Å². The van der Waals surface area contributed by atoms with E-state index >= 15 is 0 Å². The van der Waals surface area contributed by atoms with E-state index in [0.29, 0.717) is 11.4 Å². The van der Waals surface area contributed by atoms with Gasteiger partial charge in [0.15, 0.2) is 5.82 Å². The zero-order chi connectivity index (χ0) is 27.3. The van der Waals surface area contributed by atoms with Gasteiger partial charge in [0.1, 0.15) is 19.0 Å². The van der Waals surface area contributed by atoms with E-state index in [2.05, 4.69) is 19.7 Å². The van der Waals surface area contributed by atoms with E-state index in [0.717, 1.165) is 14.6 Å². The standard InChI is InChI=1S/C26H29N5O4S3/c1-17-11-12-20(37-17)21-22(31-38(32,33)19-9-7-6-8-10-19)29-24(26(2,3)4)30-23(21)34-13-14-35-25-27-15-18(36-5)16-28-25/h6-12,15-16H,13-14H2,1-5H3,(H,29,30,31). The highest BCUT2D eigenvalue weighted by Gasteiger charge is 2.27. The molecule has 0 aliphatic rings. The maximum Gasteiger partial charge on any atom is 0.316 e. The summed E-state index contributed by atoms with van der Waals surface area (Å²) in [6.45, 7) is 8.14. The number of thiophene rings is 1. The van der Waals surface area contributed by atoms with Crippen molar-refractivity contribution in [2.45, 2.75) is 42.9 Å². The third kappa shape index (κ3) is 6.80. The maximum absolute atomic E-state index is 13.3. The van der Waals surface area contributed by atoms with Crippen molar-refractivity contribution < 1.29 is 17.9 Å². The largest absolute Gasteiger partial charge is 0.473 e. The molecule has 0 saturated carbocycles. The van der Waals surface area contributed by atoms with Gasteiger partial charge < -0.3 is 9.47 Å². The minimum Gasteiger partial charge on any atom is -0.473 e. The van der Waals surface area contributed by atoms with E-state index in [9.17, 15) is 8.42 Å². The Morgan fingerprint density at radius 2 is 1.66 bits per heavy atom. The van der Waals surface area contributed by atoms with Gasteiger partial charge in [-0.1, -0.05) is 39.0 Å². The maximum atomic E-state index is 13.3. The molecular formula is C26H29N5O4S3. The molecule has 0 atom stereocenters. The lowest BCUT2D eigenvalue weighted by Gasteiger charge is -2.21. The lowest BCUT2D eigenvalue weighted by atomic mass is 9.95. The summed E-state index contributed by atoms with van der Waals surface area (Å²) < 4.78 is 41.0. The fraction of sp³-hybridized carbons (Fsp3) is 0.308. The Morgan fingerprint density at radius 3 is 2.26 bits per heavy atom. The Balaban J connectivity index is 1.69. The minimum absolute atomic E-state index is 0.132. The highest BCUT2D eigenvalue weighted by Crippen LogP contribution is 2.40. The highest BCUT2D eigenvalue weighted by molar-refractivity contribution is 7.98. The molecule has 4 rings (SSSR count). The number of benzene rings is 1. The predicted molar refractivity (Wildman–Crippen MR) is 151 cm³/mol. The van der Waals surface area contributed by atoms with Crippen LogP contribution in [0.25, 0.3) is 10.4 Å². The quantitative estimate of drug-likeness (QED) is 0.192. The molecule has 0 aliphatic heterocycles. The molecule has 38 heavy (non-hydrogen) atoms. The Labute approximate surface area is 231 Å². The molecule has 3 aromatic heterocycles. The van der Waals surface area contributed by atoms with Gasteiger partial charge in [0.05, 0.1) is 10.5 Å². The fourth-order valence-corrected chi connectivity index (χ4v) is 5.54. The summed E-state index contributed by atoms with van der Waals surface area (Å²) in [4.78, 5) is 20.6. The van der Waals surface area contributed by atoms with Crippen molar-refractivity contribution in [2.75, 3.05) is 24.2 Å². The van der Waals surface area contributed by atoms with Crippen LogP contribution in [0, 0.1) is 6.92 Å². The fourth-order valence-electron chi connectivity index (χ4n) is 3.29. The SMILES string of the molecule is CSc1cnc(OCCOc2nc(C(C)(C)C)nc(NS(=O)(=O)c3ccccc3)c2-c2ccc(C)s2)nc1. The van der Waals surface area contributed by atoms with E-state index in [-0.39, 0.29) is 35.8 Å². The van der Waals surface area contributed by atoms with E-state index in [4.69, 9.17) is 14.5 Å². The van der Waals surface area contributed by atoms with Crippen LogP contribution in [0.1, 0.15) is 31.5 Å². The molecule has 200 valence electrons. The molecule has 3 heterocycles. The first-order valence-electron chi connectivity index (χ1n) is 11.8. The summed E-state index contributed by atoms with van der Waals surface area (Å²) in [7, 11) is -3.92. The molecule has 0 saturated heterocycles. The summed E-state index contributed by atoms with van der Waals surface area (Å²) in [6, 6.07) is 12.3. The Kier molecular flexibility index (Phi) is 8.54. The monoisotopic (exact) mass is 571 g/mol. The molecule has 0 spiro atoms. The Bertz CT molecular complexity index is 1490. The van der Waals surface area contributed by atoms with Gasteiger partial charge in [-0.05, 0) is 37.4 Å². The topological polar surface area (TPSA) is 116 Å². The summed E-state index contributed by atoms with van der Waals surface area (Å²) >= 11 is 3.04. The second-order valence-electron chi connectivity index (χ2n) is 9.26. The van der Waals surface area contributed by atoms with Crippen LogP contribution in [-0.4, -0.2) is 47.8 Å². The number of hydrogen-bond donors (Lipinski definition) is 1. The number of rotatable bonds is 10. The Hall–Kier alpha value is -3.22. The van der Waals surface area contributed by atoms with Gasteiger partial charge in [-0.3, -0.25) is 4.72 Å². The van der Waals surface area contributed by atoms with Crippen LogP contribution >= 0.6 is 23.1 Å². The molecule has 0 unspecified atom stereocenters. The first-order valence-corrected chi connectivity index (χ1v) is 15.3. The summed E-state index contributed by atoms with van der Waals surface area (Å²) in [5, 5.41) is 0. The van der Waals surface area contributed by atoms with Gasteiger partial charge >= 0.3 is 6.01 Å². The van der Waals surface area contributed by atoms with Gasteiger partial charge in [-0.2, -0.15) is 4.98 Å². The molecule has 0 bridgehead atoms. The number of sulfonamides is 1. The molecule has 1 N–H and O–H groups in total. The van der Waals surface area contributed by atoms with Crippen molar-refractivity contribution in [3.8, 4) is 22.3 Å². The van der Waals surface area contributed by atoms with Crippen molar-refractivity contribution in [1.29, 1.82) is 0 Å². The minimum atomic E-state index is -3.92. The predicted octanol–water partition coefficient (Wildman–Crippen LogP) is 5.58. The molecule has 4 aromatic rings. The number of nitrogens with zero attached hydrogens (tertiary/aromatic N) is 4. The first-order chi connectivity index (χ1) is 18.1. The Morgan fingerprint density at radius 1 is 0.974 bits per heavy atom. The van der Waals surface area contributed by atoms with Crippen molar-refractivity contribution in [1.82, 2.24) is 19.9 Å². The van der Waals surface area contributed by atoms with Crippen LogP contribution in [0.3, 0.4) is 0 Å². The van der Waals surface area contributed by atoms with Gasteiger partial charge in [-0.25, -0.2) is 23.4 Å². The van der Waals surface area contributed by atoms with E-state index in [1.165, 1.54) is 23.5 Å². The molecule has 12 heteroatoms. The molecule has 1 aromatic carbocycles. The number of aromatic nitrogens is 4. The summed E-state index contributed by atoms with van der Waals surface area (Å²) in [5.41, 5.74) is -0.00520. The van der Waals surface area contributed by atoms with Crippen LogP contribution in [0.2, 0.25) is 0 Å². The average Bonchev–Trinajstić information content (AvgIpc) is 3.32. The highest BCUT2D eigenvalue weighted by atomic mass is 32.2. The molecule has 0 aliphatic carbocycles. The van der Waals surface area contributed by atoms with Crippen molar-refractivity contribution in [3.05, 3.63) is 65.6 Å². The van der Waals surface area contributed by atoms with E-state index < -0.39 is 15.4 Å². The normalized spacial score (nSPS) is 11.8. The summed E-state index contributed by atoms with van der Waals surface area (Å²) in [6.07, 6.45) is 5.33. The number of nitrogens with one attached hydrogen (secondary N) is 1. The van der Waals surface area contributed by atoms with Gasteiger partial charge in [0, 0.05) is 32.5 Å². The van der Waals surface area contributed by atoms with Gasteiger partial charge in [0.2, 0.25) is 5.88 Å². The zero-order valence-corrected chi connectivity index (χ0v) is 24.2. The van der Waals surface area contributed by atoms with E-state index in [1.54, 1.807) is 42.4 Å². The third-order valence-corrected chi connectivity index (χ3v) is 8.27. The number of aryl methyl sites for hydroxylation is 1. The molecule has 0 radical (unpaired) electrons. The first kappa shape index (κ1) is 27.8. The number of ether oxygens (including phenoxy) is 2. The second-order valence-corrected chi connectivity index (χ2v) is 13.1. The smallest absolute Gasteiger partial charge is 0.316 e. The lowest BCUT2D eigenvalue weighted by Crippen LogP contribution is -2.22. The third-order valence-electron chi connectivity index (χ3n) is 5.21. The number of thioether (sulfide) groups is 1. The van der Waals surface area contributed by atoms with Crippen LogP contribution in [-0.2, 0) is 15.4 Å². The summed E-state index contributed by atoms with van der Waals surface area (Å²) in [5.74, 6) is 0.856. The number of hydrogen-bond acceptors (Lipinski definition) is 10. The van der Waals surface area contributed by atoms with Gasteiger partial charge in [-0.15, -0.1) is 23.1 Å². The van der Waals surface area contributed by atoms with E-state index in [1.807, 2.05) is 46.1 Å². The van der Waals surface area contributed by atoms with Crippen molar-refractivity contribution in [2.24, 2.45) is 0 Å². The van der Waals surface area contributed by atoms with Crippen molar-refractivity contribution in [3.63, 3.8) is 0 Å². The molecule has 9 nitrogen and oxygen atoms in total. The zero-order valence-electron chi connectivity index (χ0n) is 21.8.